The number of aryl methyl sites for hydroxylation is 1. The maximum absolute atomic E-state index is 13.6. The first-order valence-electron chi connectivity index (χ1n) is 11.3. The fourth-order valence-corrected chi connectivity index (χ4v) is 4.46. The highest BCUT2D eigenvalue weighted by Gasteiger charge is 2.30. The van der Waals surface area contributed by atoms with Crippen molar-refractivity contribution in [1.29, 1.82) is 0 Å². The predicted molar refractivity (Wildman–Crippen MR) is 142 cm³/mol. The van der Waals surface area contributed by atoms with Gasteiger partial charge in [0.1, 0.15) is 18.3 Å². The quantitative estimate of drug-likeness (QED) is 0.444. The Kier molecular flexibility index (Phi) is 10.1. The second-order valence-corrected chi connectivity index (χ2v) is 11.3. The molecule has 0 aromatic heterocycles. The molecule has 0 aliphatic heterocycles. The number of methoxy groups -OCH3 is 1. The summed E-state index contributed by atoms with van der Waals surface area (Å²) in [6.07, 6.45) is 1.81. The molecule has 10 heteroatoms. The third kappa shape index (κ3) is 7.96. The Balaban J connectivity index is 2.40. The van der Waals surface area contributed by atoms with Crippen molar-refractivity contribution in [3.05, 3.63) is 58.1 Å². The van der Waals surface area contributed by atoms with Crippen molar-refractivity contribution in [2.75, 3.05) is 24.2 Å². The number of amides is 2. The summed E-state index contributed by atoms with van der Waals surface area (Å²) in [4.78, 5) is 27.9. The van der Waals surface area contributed by atoms with Gasteiger partial charge >= 0.3 is 0 Å². The molecule has 2 aromatic rings. The van der Waals surface area contributed by atoms with Crippen LogP contribution < -0.4 is 14.4 Å². The van der Waals surface area contributed by atoms with Gasteiger partial charge in [-0.2, -0.15) is 0 Å². The highest BCUT2D eigenvalue weighted by Crippen LogP contribution is 2.25. The van der Waals surface area contributed by atoms with E-state index in [0.29, 0.717) is 11.4 Å². The van der Waals surface area contributed by atoms with E-state index in [1.807, 2.05) is 32.9 Å². The van der Waals surface area contributed by atoms with Crippen LogP contribution in [0, 0.1) is 6.92 Å². The Bertz CT molecular complexity index is 1140. The molecule has 0 bridgehead atoms. The van der Waals surface area contributed by atoms with Gasteiger partial charge in [-0.15, -0.1) is 0 Å². The zero-order valence-corrected chi connectivity index (χ0v) is 23.4. The molecule has 0 saturated heterocycles. The third-order valence-corrected chi connectivity index (χ3v) is 7.82. The average Bonchev–Trinajstić information content (AvgIpc) is 2.81. The molecular weight excluding hydrogens is 534 g/mol. The molecule has 2 amide bonds. The van der Waals surface area contributed by atoms with E-state index in [1.54, 1.807) is 44.4 Å². The summed E-state index contributed by atoms with van der Waals surface area (Å²) in [5, 5.41) is 2.91. The van der Waals surface area contributed by atoms with Crippen molar-refractivity contribution >= 4 is 43.5 Å². The summed E-state index contributed by atoms with van der Waals surface area (Å²) in [6, 6.07) is 11.4. The second-order valence-electron chi connectivity index (χ2n) is 8.57. The van der Waals surface area contributed by atoms with Crippen LogP contribution in [-0.2, 0) is 26.2 Å². The van der Waals surface area contributed by atoms with Crippen molar-refractivity contribution in [3.8, 4) is 5.75 Å². The molecule has 0 saturated carbocycles. The lowest BCUT2D eigenvalue weighted by atomic mass is 10.1. The Morgan fingerprint density at radius 3 is 2.26 bits per heavy atom. The number of sulfonamides is 1. The summed E-state index contributed by atoms with van der Waals surface area (Å²) in [7, 11) is -2.21. The van der Waals surface area contributed by atoms with Crippen LogP contribution in [0.4, 0.5) is 5.69 Å². The Labute approximate surface area is 216 Å². The van der Waals surface area contributed by atoms with Crippen LogP contribution in [0.25, 0.3) is 0 Å². The number of ether oxygens (including phenoxy) is 1. The number of nitrogens with zero attached hydrogens (tertiary/aromatic N) is 2. The maximum Gasteiger partial charge on any atom is 0.244 e. The summed E-state index contributed by atoms with van der Waals surface area (Å²) in [5.41, 5.74) is 2.00. The topological polar surface area (TPSA) is 96.0 Å². The molecule has 1 N–H and O–H groups in total. The number of anilines is 1. The van der Waals surface area contributed by atoms with Crippen molar-refractivity contribution < 1.29 is 22.7 Å². The van der Waals surface area contributed by atoms with Gasteiger partial charge in [0.25, 0.3) is 0 Å². The van der Waals surface area contributed by atoms with Crippen LogP contribution in [0.2, 0.25) is 0 Å². The van der Waals surface area contributed by atoms with E-state index in [2.05, 4.69) is 21.2 Å². The van der Waals surface area contributed by atoms with Crippen LogP contribution in [-0.4, -0.2) is 57.1 Å². The van der Waals surface area contributed by atoms with Gasteiger partial charge in [-0.05, 0) is 68.7 Å². The Hall–Kier alpha value is -2.59. The number of hydrogen-bond donors (Lipinski definition) is 1. The van der Waals surface area contributed by atoms with Gasteiger partial charge in [0.05, 0.1) is 19.1 Å². The van der Waals surface area contributed by atoms with Crippen molar-refractivity contribution in [2.45, 2.75) is 52.7 Å². The van der Waals surface area contributed by atoms with Crippen molar-refractivity contribution in [3.63, 3.8) is 0 Å². The number of nitrogens with one attached hydrogen (secondary N) is 1. The number of carbonyl (C=O) groups excluding carboxylic acids is 2. The normalized spacial score (nSPS) is 13.0. The second kappa shape index (κ2) is 12.4. The van der Waals surface area contributed by atoms with Gasteiger partial charge in [-0.1, -0.05) is 35.0 Å². The molecule has 0 aliphatic rings. The third-order valence-electron chi connectivity index (χ3n) is 5.79. The summed E-state index contributed by atoms with van der Waals surface area (Å²) < 4.78 is 32.4. The lowest BCUT2D eigenvalue weighted by Gasteiger charge is -2.32. The minimum absolute atomic E-state index is 0.0545. The molecule has 0 heterocycles. The zero-order chi connectivity index (χ0) is 26.3. The molecule has 0 radical (unpaired) electrons. The van der Waals surface area contributed by atoms with Crippen molar-refractivity contribution in [2.24, 2.45) is 0 Å². The van der Waals surface area contributed by atoms with E-state index < -0.39 is 28.5 Å². The zero-order valence-electron chi connectivity index (χ0n) is 21.0. The van der Waals surface area contributed by atoms with Gasteiger partial charge in [-0.25, -0.2) is 8.42 Å². The first-order valence-corrected chi connectivity index (χ1v) is 14.0. The summed E-state index contributed by atoms with van der Waals surface area (Å²) in [6.45, 7) is 7.04. The summed E-state index contributed by atoms with van der Waals surface area (Å²) >= 11 is 3.41. The molecule has 2 aromatic carbocycles. The van der Waals surface area contributed by atoms with Gasteiger partial charge in [-0.3, -0.25) is 13.9 Å². The number of benzene rings is 2. The van der Waals surface area contributed by atoms with Crippen LogP contribution in [0.1, 0.15) is 38.3 Å². The highest BCUT2D eigenvalue weighted by molar-refractivity contribution is 9.10. The van der Waals surface area contributed by atoms with Crippen LogP contribution >= 0.6 is 15.9 Å². The van der Waals surface area contributed by atoms with Gasteiger partial charge in [0.2, 0.25) is 21.8 Å². The maximum atomic E-state index is 13.6. The lowest BCUT2D eigenvalue weighted by Crippen LogP contribution is -2.52. The fraction of sp³-hybridized carbons (Fsp3) is 0.440. The van der Waals surface area contributed by atoms with Crippen LogP contribution in [0.3, 0.4) is 0 Å². The first-order chi connectivity index (χ1) is 16.4. The van der Waals surface area contributed by atoms with E-state index >= 15 is 0 Å². The number of rotatable bonds is 11. The van der Waals surface area contributed by atoms with Crippen molar-refractivity contribution in [1.82, 2.24) is 10.2 Å². The van der Waals surface area contributed by atoms with E-state index in [1.165, 1.54) is 4.90 Å². The molecule has 0 aliphatic carbocycles. The lowest BCUT2D eigenvalue weighted by molar-refractivity contribution is -0.139. The smallest absolute Gasteiger partial charge is 0.244 e. The Morgan fingerprint density at radius 2 is 1.74 bits per heavy atom. The Morgan fingerprint density at radius 1 is 1.11 bits per heavy atom. The SMILES string of the molecule is CC[C@@H](C)NC(=O)[C@H](C)N(Cc1ccc(OC)cc1)C(=O)CN(c1ccc(Br)c(C)c1)S(C)(=O)=O. The van der Waals surface area contributed by atoms with Crippen LogP contribution in [0.5, 0.6) is 5.75 Å². The average molecular weight is 569 g/mol. The molecule has 0 spiro atoms. The molecule has 0 fully saturated rings. The number of halogens is 1. The molecule has 8 nitrogen and oxygen atoms in total. The minimum atomic E-state index is -3.77. The van der Waals surface area contributed by atoms with E-state index in [-0.39, 0.29) is 18.5 Å². The van der Waals surface area contributed by atoms with E-state index in [0.717, 1.165) is 32.6 Å². The van der Waals surface area contributed by atoms with Gasteiger partial charge in [0, 0.05) is 17.1 Å². The summed E-state index contributed by atoms with van der Waals surface area (Å²) in [5.74, 6) is -0.117. The number of carbonyl (C=O) groups is 2. The molecule has 2 rings (SSSR count). The molecular formula is C25H34BrN3O5S. The molecule has 192 valence electrons. The highest BCUT2D eigenvalue weighted by atomic mass is 79.9. The van der Waals surface area contributed by atoms with E-state index in [9.17, 15) is 18.0 Å². The standard InChI is InChI=1S/C25H34BrN3O5S/c1-7-18(3)27-25(31)19(4)28(15-20-8-11-22(34-5)12-9-20)24(30)16-29(35(6,32)33)21-10-13-23(26)17(2)14-21/h8-14,18-19H,7,15-16H2,1-6H3,(H,27,31)/t18-,19+/m1/s1. The molecule has 0 unspecified atom stereocenters. The molecule has 2 atom stereocenters. The molecule has 35 heavy (non-hydrogen) atoms. The largest absolute Gasteiger partial charge is 0.497 e. The van der Waals surface area contributed by atoms with Crippen LogP contribution in [0.15, 0.2) is 46.9 Å². The fourth-order valence-electron chi connectivity index (χ4n) is 3.37. The van der Waals surface area contributed by atoms with E-state index in [4.69, 9.17) is 4.74 Å². The minimum Gasteiger partial charge on any atom is -0.497 e. The first kappa shape index (κ1) is 28.6. The monoisotopic (exact) mass is 567 g/mol. The predicted octanol–water partition coefficient (Wildman–Crippen LogP) is 3.86. The van der Waals surface area contributed by atoms with Gasteiger partial charge in [0.15, 0.2) is 0 Å². The van der Waals surface area contributed by atoms with Gasteiger partial charge < -0.3 is 15.0 Å². The number of hydrogen-bond acceptors (Lipinski definition) is 5.